The number of likely N-dealkylation sites (tertiary alicyclic amines) is 1. The van der Waals surface area contributed by atoms with E-state index in [1.807, 2.05) is 60.7 Å². The van der Waals surface area contributed by atoms with Gasteiger partial charge in [0.15, 0.2) is 0 Å². The van der Waals surface area contributed by atoms with Crippen LogP contribution < -0.4 is 32.4 Å². The summed E-state index contributed by atoms with van der Waals surface area (Å²) in [4.78, 5) is 12.6. The number of quaternary nitrogens is 1. The van der Waals surface area contributed by atoms with Crippen LogP contribution in [0.3, 0.4) is 0 Å². The number of anilines is 1. The van der Waals surface area contributed by atoms with E-state index < -0.39 is 0 Å². The molecule has 5 nitrogen and oxygen atoms in total. The van der Waals surface area contributed by atoms with Crippen LogP contribution in [0.15, 0.2) is 78.9 Å². The number of carbonyl (C=O) groups is 1. The Morgan fingerprint density at radius 2 is 1.50 bits per heavy atom. The molecule has 1 aliphatic heterocycles. The molecular weight excluding hydrogens is 680 g/mol. The summed E-state index contributed by atoms with van der Waals surface area (Å²) in [6.07, 6.45) is 2.73. The highest BCUT2D eigenvalue weighted by molar-refractivity contribution is 6.42. The maximum atomic E-state index is 12.6. The zero-order valence-corrected chi connectivity index (χ0v) is 27.5. The van der Waals surface area contributed by atoms with Crippen LogP contribution in [-0.2, 0) is 6.54 Å². The van der Waals surface area contributed by atoms with Gasteiger partial charge in [-0.15, -0.1) is 0 Å². The molecule has 2 amide bonds. The number of ether oxygens (including phenoxy) is 1. The Morgan fingerprint density at radius 1 is 0.810 bits per heavy atom. The van der Waals surface area contributed by atoms with E-state index in [9.17, 15) is 4.79 Å². The van der Waals surface area contributed by atoms with Crippen LogP contribution in [0.25, 0.3) is 10.8 Å². The smallest absolute Gasteiger partial charge is 0.319 e. The lowest BCUT2D eigenvalue weighted by molar-refractivity contribution is -0.946. The molecule has 0 atom stereocenters. The number of urea groups is 1. The van der Waals surface area contributed by atoms with Crippen LogP contribution in [0.1, 0.15) is 24.8 Å². The van der Waals surface area contributed by atoms with E-state index in [1.54, 1.807) is 12.1 Å². The first kappa shape index (κ1) is 32.7. The normalized spacial score (nSPS) is 18.2. The summed E-state index contributed by atoms with van der Waals surface area (Å²) in [5.41, 5.74) is 1.92. The van der Waals surface area contributed by atoms with Gasteiger partial charge in [0.2, 0.25) is 0 Å². The number of rotatable bonds is 9. The van der Waals surface area contributed by atoms with Gasteiger partial charge in [-0.25, -0.2) is 4.79 Å². The number of hydrogen-bond acceptors (Lipinski definition) is 2. The maximum Gasteiger partial charge on any atom is 0.319 e. The number of hydrogen-bond donors (Lipinski definition) is 2. The van der Waals surface area contributed by atoms with Gasteiger partial charge in [0.05, 0.1) is 39.7 Å². The van der Waals surface area contributed by atoms with Crippen molar-refractivity contribution in [3.05, 3.63) is 105 Å². The third-order valence-corrected chi connectivity index (χ3v) is 9.13. The van der Waals surface area contributed by atoms with Crippen LogP contribution in [0, 0.1) is 0 Å². The Kier molecular flexibility index (Phi) is 11.7. The molecule has 0 radical (unpaired) electrons. The summed E-state index contributed by atoms with van der Waals surface area (Å²) in [7, 11) is 0. The molecule has 42 heavy (non-hydrogen) atoms. The van der Waals surface area contributed by atoms with E-state index in [-0.39, 0.29) is 29.1 Å². The van der Waals surface area contributed by atoms with Crippen molar-refractivity contribution in [2.24, 2.45) is 0 Å². The first-order valence-electron chi connectivity index (χ1n) is 13.7. The monoisotopic (exact) mass is 709 g/mol. The molecule has 2 N–H and O–H groups in total. The van der Waals surface area contributed by atoms with Gasteiger partial charge in [0.25, 0.3) is 0 Å². The Bertz CT molecular complexity index is 1530. The second-order valence-electron chi connectivity index (χ2n) is 10.6. The van der Waals surface area contributed by atoms with Crippen molar-refractivity contribution in [3.63, 3.8) is 0 Å². The number of fused-ring (bicyclic) bond motifs is 1. The quantitative estimate of drug-likeness (QED) is 0.160. The predicted molar refractivity (Wildman–Crippen MR) is 171 cm³/mol. The highest BCUT2D eigenvalue weighted by Gasteiger charge is 2.35. The predicted octanol–water partition coefficient (Wildman–Crippen LogP) is 6.23. The summed E-state index contributed by atoms with van der Waals surface area (Å²) in [5.74, 6) is 0.732. The number of benzene rings is 4. The maximum absolute atomic E-state index is 12.6. The van der Waals surface area contributed by atoms with Crippen LogP contribution >= 0.6 is 46.4 Å². The first-order valence-corrected chi connectivity index (χ1v) is 15.2. The molecule has 10 heteroatoms. The summed E-state index contributed by atoms with van der Waals surface area (Å²) >= 11 is 24.8. The van der Waals surface area contributed by atoms with Crippen LogP contribution in [-0.4, -0.2) is 42.8 Å². The zero-order chi connectivity index (χ0) is 28.8. The fourth-order valence-corrected chi connectivity index (χ4v) is 6.11. The van der Waals surface area contributed by atoms with E-state index in [0.717, 1.165) is 77.7 Å². The fourth-order valence-electron chi connectivity index (χ4n) is 5.50. The SMILES string of the molecule is O=C(NCCC[N+]1(Cc2ccc(Cl)c(Cl)c2)CCC(Oc2ccc(Cl)c(Cl)c2)CC1)Nc1ccc2ccccc2c1.[Br-]. The molecule has 4 aromatic rings. The highest BCUT2D eigenvalue weighted by Crippen LogP contribution is 2.31. The minimum absolute atomic E-state index is 0. The minimum atomic E-state index is -0.204. The molecular formula is C32H32BrCl4N3O2. The number of carbonyl (C=O) groups excluding carboxylic acids is 1. The molecule has 1 heterocycles. The van der Waals surface area contributed by atoms with Gasteiger partial charge < -0.3 is 36.8 Å². The lowest BCUT2D eigenvalue weighted by atomic mass is 10.0. The van der Waals surface area contributed by atoms with Crippen LogP contribution in [0.2, 0.25) is 20.1 Å². The topological polar surface area (TPSA) is 50.4 Å². The number of nitrogens with one attached hydrogen (secondary N) is 2. The molecule has 222 valence electrons. The number of halogens is 5. The molecule has 0 unspecified atom stereocenters. The lowest BCUT2D eigenvalue weighted by Gasteiger charge is -2.44. The number of nitrogens with zero attached hydrogens (tertiary/aromatic N) is 1. The Balaban J connectivity index is 0.00000405. The first-order chi connectivity index (χ1) is 19.8. The van der Waals surface area contributed by atoms with Crippen molar-refractivity contribution in [3.8, 4) is 5.75 Å². The Labute approximate surface area is 277 Å². The third-order valence-electron chi connectivity index (χ3n) is 7.65. The van der Waals surface area contributed by atoms with E-state index in [2.05, 4.69) is 16.7 Å². The standard InChI is InChI=1S/C32H31Cl4N3O2.BrH/c33-28-10-6-22(18-30(28)35)21-39(16-12-26(13-17-39)41-27-9-11-29(34)31(36)20-27)15-3-14-37-32(40)38-25-8-7-23-4-1-2-5-24(23)19-25;/h1-2,4-11,18-20,26H,3,12-17,21H2,(H-,37,38,40);1H. The molecule has 1 aliphatic rings. The van der Waals surface area contributed by atoms with Crippen molar-refractivity contribution in [2.45, 2.75) is 31.9 Å². The highest BCUT2D eigenvalue weighted by atomic mass is 79.9. The molecule has 0 bridgehead atoms. The van der Waals surface area contributed by atoms with Crippen molar-refractivity contribution < 1.29 is 31.0 Å². The molecule has 0 aromatic heterocycles. The second-order valence-corrected chi connectivity index (χ2v) is 12.2. The fraction of sp³-hybridized carbons (Fsp3) is 0.281. The Hall–Kier alpha value is -2.19. The average Bonchev–Trinajstić information content (AvgIpc) is 2.96. The molecule has 5 rings (SSSR count). The van der Waals surface area contributed by atoms with Gasteiger partial charge in [-0.05, 0) is 47.2 Å². The molecule has 1 fully saturated rings. The van der Waals surface area contributed by atoms with E-state index >= 15 is 0 Å². The summed E-state index contributed by atoms with van der Waals surface area (Å²) in [6, 6.07) is 25.0. The Morgan fingerprint density at radius 3 is 2.21 bits per heavy atom. The van der Waals surface area contributed by atoms with E-state index in [1.165, 1.54) is 0 Å². The van der Waals surface area contributed by atoms with Gasteiger partial charge in [-0.3, -0.25) is 0 Å². The summed E-state index contributed by atoms with van der Waals surface area (Å²) in [5, 5.41) is 10.3. The van der Waals surface area contributed by atoms with Gasteiger partial charge in [0.1, 0.15) is 18.4 Å². The van der Waals surface area contributed by atoms with Crippen molar-refractivity contribution >= 4 is 68.9 Å². The van der Waals surface area contributed by atoms with Gasteiger partial charge >= 0.3 is 6.03 Å². The van der Waals surface area contributed by atoms with Gasteiger partial charge in [-0.1, -0.05) is 82.8 Å². The summed E-state index contributed by atoms with van der Waals surface area (Å²) in [6.45, 7) is 4.20. The van der Waals surface area contributed by atoms with E-state index in [4.69, 9.17) is 51.1 Å². The number of amides is 2. The number of piperidine rings is 1. The molecule has 0 spiro atoms. The molecule has 4 aromatic carbocycles. The largest absolute Gasteiger partial charge is 1.00 e. The molecule has 0 saturated carbocycles. The average molecular weight is 712 g/mol. The van der Waals surface area contributed by atoms with E-state index in [0.29, 0.717) is 26.6 Å². The minimum Gasteiger partial charge on any atom is -1.00 e. The lowest BCUT2D eigenvalue weighted by Crippen LogP contribution is -3.00. The van der Waals surface area contributed by atoms with Crippen LogP contribution in [0.4, 0.5) is 10.5 Å². The second kappa shape index (κ2) is 15.0. The molecule has 0 aliphatic carbocycles. The van der Waals surface area contributed by atoms with Gasteiger partial charge in [-0.2, -0.15) is 0 Å². The molecule has 1 saturated heterocycles. The zero-order valence-electron chi connectivity index (χ0n) is 22.9. The van der Waals surface area contributed by atoms with Gasteiger partial charge in [0, 0.05) is 43.1 Å². The summed E-state index contributed by atoms with van der Waals surface area (Å²) < 4.78 is 7.14. The van der Waals surface area contributed by atoms with Crippen molar-refractivity contribution in [1.82, 2.24) is 5.32 Å². The third kappa shape index (κ3) is 8.68. The van der Waals surface area contributed by atoms with Crippen molar-refractivity contribution in [1.29, 1.82) is 0 Å². The van der Waals surface area contributed by atoms with Crippen LogP contribution in [0.5, 0.6) is 5.75 Å². The van der Waals surface area contributed by atoms with Crippen molar-refractivity contribution in [2.75, 3.05) is 31.5 Å².